The molecule has 0 radical (unpaired) electrons. The topological polar surface area (TPSA) is 134 Å². The summed E-state index contributed by atoms with van der Waals surface area (Å²) in [6.45, 7) is 8.75. The van der Waals surface area contributed by atoms with Gasteiger partial charge in [0.1, 0.15) is 17.2 Å². The zero-order valence-corrected chi connectivity index (χ0v) is 26.5. The Bertz CT molecular complexity index is 1390. The number of nitrogens with zero attached hydrogens (tertiary/aromatic N) is 1. The number of carbonyl (C=O) groups is 4. The maximum atomic E-state index is 14.4. The van der Waals surface area contributed by atoms with Crippen LogP contribution in [0.4, 0.5) is 18.0 Å². The van der Waals surface area contributed by atoms with Crippen LogP contribution in [0, 0.1) is 23.4 Å². The van der Waals surface area contributed by atoms with Gasteiger partial charge < -0.3 is 30.1 Å². The van der Waals surface area contributed by atoms with Gasteiger partial charge in [-0.15, -0.1) is 11.8 Å². The molecule has 0 aliphatic carbocycles. The first-order chi connectivity index (χ1) is 21.0. The molecule has 14 heteroatoms. The predicted octanol–water partition coefficient (Wildman–Crippen LogP) is 4.64. The van der Waals surface area contributed by atoms with Gasteiger partial charge in [-0.1, -0.05) is 26.0 Å². The second-order valence-electron chi connectivity index (χ2n) is 11.9. The van der Waals surface area contributed by atoms with Gasteiger partial charge >= 0.3 is 12.1 Å². The first kappa shape index (κ1) is 35.5. The lowest BCUT2D eigenvalue weighted by Crippen LogP contribution is -2.48. The molecular formula is C31H38F3N3O7S. The van der Waals surface area contributed by atoms with Crippen molar-refractivity contribution < 1.29 is 46.9 Å². The minimum absolute atomic E-state index is 0.128. The largest absolute Gasteiger partial charge is 0.478 e. The summed E-state index contributed by atoms with van der Waals surface area (Å²) in [6.07, 6.45) is -2.59. The second-order valence-corrected chi connectivity index (χ2v) is 13.1. The number of thioether (sulfide) groups is 1. The number of aliphatic carboxylic acids is 1. The van der Waals surface area contributed by atoms with Gasteiger partial charge in [-0.25, -0.2) is 22.8 Å². The fraction of sp³-hybridized carbons (Fsp3) is 0.484. The number of hydrogen-bond donors (Lipinski definition) is 3. The van der Waals surface area contributed by atoms with Crippen LogP contribution in [0.5, 0.6) is 5.75 Å². The third kappa shape index (κ3) is 10.6. The van der Waals surface area contributed by atoms with Crippen LogP contribution in [0.3, 0.4) is 0 Å². The van der Waals surface area contributed by atoms with Gasteiger partial charge in [-0.2, -0.15) is 0 Å². The van der Waals surface area contributed by atoms with Crippen molar-refractivity contribution in [3.63, 3.8) is 0 Å². The van der Waals surface area contributed by atoms with Crippen LogP contribution in [0.1, 0.15) is 52.2 Å². The summed E-state index contributed by atoms with van der Waals surface area (Å²) in [5, 5.41) is 13.8. The molecule has 3 rings (SSSR count). The lowest BCUT2D eigenvalue weighted by Gasteiger charge is -2.27. The molecule has 0 saturated carbocycles. The number of alkyl carbamates (subject to hydrolysis) is 1. The van der Waals surface area contributed by atoms with Crippen molar-refractivity contribution in [1.82, 2.24) is 15.5 Å². The average molecular weight is 654 g/mol. The summed E-state index contributed by atoms with van der Waals surface area (Å²) < 4.78 is 52.6. The first-order valence-corrected chi connectivity index (χ1v) is 15.4. The molecule has 1 saturated heterocycles. The van der Waals surface area contributed by atoms with E-state index in [4.69, 9.17) is 9.47 Å². The Morgan fingerprint density at radius 2 is 1.69 bits per heavy atom. The molecule has 1 fully saturated rings. The van der Waals surface area contributed by atoms with E-state index < -0.39 is 64.4 Å². The summed E-state index contributed by atoms with van der Waals surface area (Å²) in [5.41, 5.74) is -0.404. The van der Waals surface area contributed by atoms with Gasteiger partial charge in [-0.05, 0) is 56.5 Å². The van der Waals surface area contributed by atoms with E-state index in [-0.39, 0.29) is 37.4 Å². The van der Waals surface area contributed by atoms with E-state index in [1.807, 2.05) is 0 Å². The van der Waals surface area contributed by atoms with Crippen LogP contribution in [0.25, 0.3) is 0 Å². The Kier molecular flexibility index (Phi) is 12.1. The van der Waals surface area contributed by atoms with Crippen molar-refractivity contribution in [2.45, 2.75) is 77.1 Å². The number of amides is 3. The first-order valence-electron chi connectivity index (χ1n) is 14.3. The number of benzene rings is 2. The van der Waals surface area contributed by atoms with Gasteiger partial charge in [0.05, 0.1) is 0 Å². The molecule has 3 atom stereocenters. The smallest absolute Gasteiger partial charge is 0.407 e. The molecule has 3 amide bonds. The van der Waals surface area contributed by atoms with E-state index >= 15 is 0 Å². The van der Waals surface area contributed by atoms with Crippen molar-refractivity contribution in [2.24, 2.45) is 5.92 Å². The number of ether oxygens (including phenoxy) is 2. The van der Waals surface area contributed by atoms with Crippen LogP contribution in [0.2, 0.25) is 0 Å². The molecule has 1 aliphatic rings. The SMILES string of the molecule is CC(C)C(Oc1ccc(CNC(=O)C2SCCN2C(=O)CC(Cc2cc(F)c(F)cc2F)NC(=O)OC(C)(C)C)cc1)C(=O)O. The highest BCUT2D eigenvalue weighted by Crippen LogP contribution is 2.26. The molecule has 10 nitrogen and oxygen atoms in total. The highest BCUT2D eigenvalue weighted by atomic mass is 32.2. The van der Waals surface area contributed by atoms with Crippen molar-refractivity contribution in [3.05, 3.63) is 65.0 Å². The van der Waals surface area contributed by atoms with E-state index in [1.165, 1.54) is 16.7 Å². The fourth-order valence-electron chi connectivity index (χ4n) is 4.49. The number of carboxylic acid groups (broad SMARTS) is 1. The number of hydrogen-bond acceptors (Lipinski definition) is 7. The highest BCUT2D eigenvalue weighted by molar-refractivity contribution is 8.00. The van der Waals surface area contributed by atoms with Crippen LogP contribution in [-0.2, 0) is 32.1 Å². The molecule has 246 valence electrons. The summed E-state index contributed by atoms with van der Waals surface area (Å²) in [5.74, 6) is -5.09. The Labute approximate surface area is 264 Å². The quantitative estimate of drug-likeness (QED) is 0.283. The number of carbonyl (C=O) groups excluding carboxylic acids is 3. The van der Waals surface area contributed by atoms with Gasteiger partial charge in [-0.3, -0.25) is 9.59 Å². The average Bonchev–Trinajstić information content (AvgIpc) is 3.43. The van der Waals surface area contributed by atoms with Crippen LogP contribution in [-0.4, -0.2) is 69.3 Å². The Balaban J connectivity index is 1.65. The third-order valence-corrected chi connectivity index (χ3v) is 7.84. The van der Waals surface area contributed by atoms with Gasteiger partial charge in [0.2, 0.25) is 5.91 Å². The zero-order valence-electron chi connectivity index (χ0n) is 25.7. The lowest BCUT2D eigenvalue weighted by molar-refractivity contribution is -0.147. The predicted molar refractivity (Wildman–Crippen MR) is 161 cm³/mol. The number of nitrogens with one attached hydrogen (secondary N) is 2. The molecule has 0 bridgehead atoms. The highest BCUT2D eigenvalue weighted by Gasteiger charge is 2.36. The summed E-state index contributed by atoms with van der Waals surface area (Å²) in [7, 11) is 0. The minimum Gasteiger partial charge on any atom is -0.478 e. The standard InChI is InChI=1S/C31H38F3N3O7S/c1-17(2)26(29(40)41)43-21-8-6-18(7-9-21)16-35-27(39)28-37(10-11-45-28)25(38)14-20(36-30(42)44-31(3,4)5)12-19-13-23(33)24(34)15-22(19)32/h6-9,13,15,17,20,26,28H,10-12,14,16H2,1-5H3,(H,35,39)(H,36,42)(H,40,41). The molecule has 1 heterocycles. The Morgan fingerprint density at radius 3 is 2.29 bits per heavy atom. The molecule has 3 N–H and O–H groups in total. The maximum Gasteiger partial charge on any atom is 0.407 e. The number of halogens is 3. The molecule has 2 aromatic rings. The maximum absolute atomic E-state index is 14.4. The van der Waals surface area contributed by atoms with E-state index in [1.54, 1.807) is 58.9 Å². The second kappa shape index (κ2) is 15.4. The summed E-state index contributed by atoms with van der Waals surface area (Å²) in [4.78, 5) is 51.7. The van der Waals surface area contributed by atoms with Crippen LogP contribution >= 0.6 is 11.8 Å². The molecule has 2 aromatic carbocycles. The normalized spacial score (nSPS) is 16.2. The van der Waals surface area contributed by atoms with Crippen molar-refractivity contribution >= 4 is 35.6 Å². The monoisotopic (exact) mass is 653 g/mol. The van der Waals surface area contributed by atoms with Gasteiger partial charge in [0.15, 0.2) is 23.1 Å². The van der Waals surface area contributed by atoms with E-state index in [2.05, 4.69) is 10.6 Å². The van der Waals surface area contributed by atoms with Crippen LogP contribution < -0.4 is 15.4 Å². The van der Waals surface area contributed by atoms with Gasteiger partial charge in [0, 0.05) is 43.3 Å². The third-order valence-electron chi connectivity index (χ3n) is 6.64. The van der Waals surface area contributed by atoms with Crippen molar-refractivity contribution in [2.75, 3.05) is 12.3 Å². The minimum atomic E-state index is -1.37. The number of rotatable bonds is 12. The molecule has 45 heavy (non-hydrogen) atoms. The molecule has 3 unspecified atom stereocenters. The Hall–Kier alpha value is -3.94. The number of carboxylic acids is 1. The van der Waals surface area contributed by atoms with E-state index in [0.717, 1.165) is 0 Å². The van der Waals surface area contributed by atoms with E-state index in [0.29, 0.717) is 29.2 Å². The van der Waals surface area contributed by atoms with Crippen molar-refractivity contribution in [1.29, 1.82) is 0 Å². The fourth-order valence-corrected chi connectivity index (χ4v) is 5.65. The molecular weight excluding hydrogens is 615 g/mol. The van der Waals surface area contributed by atoms with E-state index in [9.17, 15) is 37.5 Å². The van der Waals surface area contributed by atoms with Crippen LogP contribution in [0.15, 0.2) is 36.4 Å². The van der Waals surface area contributed by atoms with Crippen molar-refractivity contribution in [3.8, 4) is 5.75 Å². The van der Waals surface area contributed by atoms with Gasteiger partial charge in [0.25, 0.3) is 5.91 Å². The molecule has 1 aliphatic heterocycles. The molecule has 0 aromatic heterocycles. The Morgan fingerprint density at radius 1 is 1.04 bits per heavy atom. The zero-order chi connectivity index (χ0) is 33.5. The summed E-state index contributed by atoms with van der Waals surface area (Å²) in [6, 6.07) is 6.59. The lowest BCUT2D eigenvalue weighted by atomic mass is 10.0. The molecule has 0 spiro atoms. The summed E-state index contributed by atoms with van der Waals surface area (Å²) >= 11 is 1.25.